The van der Waals surface area contributed by atoms with Gasteiger partial charge in [0, 0.05) is 0 Å². The molecule has 0 atom stereocenters. The quantitative estimate of drug-likeness (QED) is 0.512. The molecule has 0 spiro atoms. The monoisotopic (exact) mass is 328 g/mol. The van der Waals surface area contributed by atoms with Crippen molar-refractivity contribution in [3.63, 3.8) is 0 Å². The standard InChI is InChI=1S/C19H15F3Si/c1-23(17-8-2-14(20)3-9-17,18-10-4-15(21)5-11-18)19-12-6-16(22)7-13-19/h2-13H,1H3. The average molecular weight is 328 g/mol. The number of halogens is 3. The lowest BCUT2D eigenvalue weighted by Gasteiger charge is -2.29. The van der Waals surface area contributed by atoms with Gasteiger partial charge < -0.3 is 0 Å². The van der Waals surface area contributed by atoms with Crippen molar-refractivity contribution in [2.45, 2.75) is 6.55 Å². The van der Waals surface area contributed by atoms with Gasteiger partial charge in [-0.15, -0.1) is 0 Å². The van der Waals surface area contributed by atoms with Crippen LogP contribution in [-0.2, 0) is 0 Å². The Morgan fingerprint density at radius 2 is 0.696 bits per heavy atom. The topological polar surface area (TPSA) is 0 Å². The van der Waals surface area contributed by atoms with E-state index in [0.29, 0.717) is 0 Å². The van der Waals surface area contributed by atoms with Gasteiger partial charge in [-0.1, -0.05) is 42.9 Å². The van der Waals surface area contributed by atoms with E-state index < -0.39 is 8.07 Å². The first-order valence-electron chi connectivity index (χ1n) is 7.28. The van der Waals surface area contributed by atoms with Crippen LogP contribution in [0.2, 0.25) is 6.55 Å². The highest BCUT2D eigenvalue weighted by molar-refractivity contribution is 7.10. The van der Waals surface area contributed by atoms with Gasteiger partial charge in [0.1, 0.15) is 25.5 Å². The Labute approximate surface area is 134 Å². The van der Waals surface area contributed by atoms with Crippen molar-refractivity contribution in [3.05, 3.63) is 90.2 Å². The van der Waals surface area contributed by atoms with Gasteiger partial charge in [-0.3, -0.25) is 0 Å². The number of hydrogen-bond donors (Lipinski definition) is 0. The molecule has 116 valence electrons. The SMILES string of the molecule is C[Si](c1ccc(F)cc1)(c1ccc(F)cc1)c1ccc(F)cc1. The molecule has 0 saturated carbocycles. The van der Waals surface area contributed by atoms with Crippen LogP contribution >= 0.6 is 0 Å². The molecule has 3 rings (SSSR count). The van der Waals surface area contributed by atoms with Gasteiger partial charge in [0.2, 0.25) is 0 Å². The van der Waals surface area contributed by atoms with E-state index in [1.807, 2.05) is 0 Å². The first kappa shape index (κ1) is 15.6. The van der Waals surface area contributed by atoms with Crippen molar-refractivity contribution >= 4 is 23.6 Å². The summed E-state index contributed by atoms with van der Waals surface area (Å²) in [5.74, 6) is -0.907. The molecular weight excluding hydrogens is 313 g/mol. The molecule has 0 unspecified atom stereocenters. The van der Waals surface area contributed by atoms with Crippen molar-refractivity contribution in [3.8, 4) is 0 Å². The van der Waals surface area contributed by atoms with Crippen LogP contribution in [0.5, 0.6) is 0 Å². The fourth-order valence-corrected chi connectivity index (χ4v) is 6.35. The third-order valence-corrected chi connectivity index (χ3v) is 8.73. The Bertz CT molecular complexity index is 683. The minimum absolute atomic E-state index is 0.302. The molecule has 0 aromatic heterocycles. The van der Waals surface area contributed by atoms with Crippen LogP contribution in [0.25, 0.3) is 0 Å². The number of benzene rings is 3. The van der Waals surface area contributed by atoms with Gasteiger partial charge >= 0.3 is 0 Å². The van der Waals surface area contributed by atoms with Crippen LogP contribution in [-0.4, -0.2) is 8.07 Å². The molecule has 0 amide bonds. The first-order valence-corrected chi connectivity index (χ1v) is 9.78. The van der Waals surface area contributed by atoms with Crippen LogP contribution in [0.4, 0.5) is 13.2 Å². The van der Waals surface area contributed by atoms with Gasteiger partial charge in [-0.05, 0) is 52.0 Å². The van der Waals surface area contributed by atoms with E-state index in [4.69, 9.17) is 0 Å². The molecule has 0 saturated heterocycles. The minimum Gasteiger partial charge on any atom is -0.207 e. The Balaban J connectivity index is 2.21. The van der Waals surface area contributed by atoms with Crippen molar-refractivity contribution in [1.82, 2.24) is 0 Å². The summed E-state index contributed by atoms with van der Waals surface area (Å²) in [7, 11) is -2.45. The van der Waals surface area contributed by atoms with Gasteiger partial charge in [0.25, 0.3) is 0 Å². The summed E-state index contributed by atoms with van der Waals surface area (Å²) in [4.78, 5) is 0. The van der Waals surface area contributed by atoms with E-state index in [1.165, 1.54) is 36.4 Å². The maximum Gasteiger partial charge on any atom is 0.145 e. The summed E-state index contributed by atoms with van der Waals surface area (Å²) in [5.41, 5.74) is 0. The summed E-state index contributed by atoms with van der Waals surface area (Å²) in [6.45, 7) is 2.10. The molecule has 3 aromatic rings. The maximum absolute atomic E-state index is 13.3. The van der Waals surface area contributed by atoms with Crippen LogP contribution in [0.3, 0.4) is 0 Å². The molecule has 0 bridgehead atoms. The average Bonchev–Trinajstić information content (AvgIpc) is 2.56. The molecule has 0 fully saturated rings. The molecule has 4 heteroatoms. The molecule has 0 aliphatic heterocycles. The summed E-state index contributed by atoms with van der Waals surface area (Å²) in [6.07, 6.45) is 0. The molecule has 0 radical (unpaired) electrons. The smallest absolute Gasteiger partial charge is 0.145 e. The van der Waals surface area contributed by atoms with Crippen molar-refractivity contribution in [2.75, 3.05) is 0 Å². The highest BCUT2D eigenvalue weighted by atomic mass is 28.3. The Hall–Kier alpha value is -2.33. The molecule has 0 aliphatic carbocycles. The minimum atomic E-state index is -2.45. The van der Waals surface area contributed by atoms with E-state index in [2.05, 4.69) is 6.55 Å². The second-order valence-electron chi connectivity index (χ2n) is 5.65. The lowest BCUT2D eigenvalue weighted by Crippen LogP contribution is -2.64. The van der Waals surface area contributed by atoms with E-state index in [-0.39, 0.29) is 17.5 Å². The fourth-order valence-electron chi connectivity index (χ4n) is 2.85. The van der Waals surface area contributed by atoms with E-state index in [0.717, 1.165) is 15.6 Å². The lowest BCUT2D eigenvalue weighted by atomic mass is 10.3. The van der Waals surface area contributed by atoms with Gasteiger partial charge in [-0.25, -0.2) is 13.2 Å². The summed E-state index contributed by atoms with van der Waals surface area (Å²) >= 11 is 0. The van der Waals surface area contributed by atoms with Crippen LogP contribution in [0, 0.1) is 17.5 Å². The molecule has 0 aliphatic rings. The zero-order chi connectivity index (χ0) is 16.4. The van der Waals surface area contributed by atoms with Crippen LogP contribution in [0.15, 0.2) is 72.8 Å². The van der Waals surface area contributed by atoms with Crippen molar-refractivity contribution in [2.24, 2.45) is 0 Å². The lowest BCUT2D eigenvalue weighted by molar-refractivity contribution is 0.628. The van der Waals surface area contributed by atoms with E-state index in [9.17, 15) is 13.2 Å². The fraction of sp³-hybridized carbons (Fsp3) is 0.0526. The summed E-state index contributed by atoms with van der Waals surface area (Å²) in [6, 6.07) is 19.1. The predicted octanol–water partition coefficient (Wildman–Crippen LogP) is 3.20. The molecule has 3 aromatic carbocycles. The van der Waals surface area contributed by atoms with Gasteiger partial charge in [-0.2, -0.15) is 0 Å². The highest BCUT2D eigenvalue weighted by Crippen LogP contribution is 2.09. The molecule has 0 N–H and O–H groups in total. The molecule has 0 heterocycles. The summed E-state index contributed by atoms with van der Waals surface area (Å²) < 4.78 is 39.9. The second kappa shape index (κ2) is 6.05. The Morgan fingerprint density at radius 1 is 0.478 bits per heavy atom. The zero-order valence-corrected chi connectivity index (χ0v) is 13.6. The van der Waals surface area contributed by atoms with Gasteiger partial charge in [0.15, 0.2) is 0 Å². The normalized spacial score (nSPS) is 11.5. The Morgan fingerprint density at radius 3 is 0.913 bits per heavy atom. The molecular formula is C19H15F3Si. The predicted molar refractivity (Wildman–Crippen MR) is 89.7 cm³/mol. The third kappa shape index (κ3) is 2.94. The van der Waals surface area contributed by atoms with E-state index >= 15 is 0 Å². The zero-order valence-electron chi connectivity index (χ0n) is 12.6. The maximum atomic E-state index is 13.3. The second-order valence-corrected chi connectivity index (χ2v) is 9.63. The molecule has 23 heavy (non-hydrogen) atoms. The van der Waals surface area contributed by atoms with E-state index in [1.54, 1.807) is 36.4 Å². The first-order chi connectivity index (χ1) is 11.0. The number of hydrogen-bond acceptors (Lipinski definition) is 0. The summed E-state index contributed by atoms with van der Waals surface area (Å²) in [5, 5.41) is 2.95. The van der Waals surface area contributed by atoms with Crippen LogP contribution < -0.4 is 15.6 Å². The number of rotatable bonds is 3. The largest absolute Gasteiger partial charge is 0.207 e. The van der Waals surface area contributed by atoms with Gasteiger partial charge in [0.05, 0.1) is 0 Å². The third-order valence-electron chi connectivity index (χ3n) is 4.26. The van der Waals surface area contributed by atoms with Crippen molar-refractivity contribution < 1.29 is 13.2 Å². The van der Waals surface area contributed by atoms with Crippen molar-refractivity contribution in [1.29, 1.82) is 0 Å². The Kier molecular flexibility index (Phi) is 4.09. The van der Waals surface area contributed by atoms with Crippen LogP contribution in [0.1, 0.15) is 0 Å². The highest BCUT2D eigenvalue weighted by Gasteiger charge is 2.34. The molecule has 0 nitrogen and oxygen atoms in total.